The number of unbranched alkanes of at least 4 members (excludes halogenated alkanes) is 2. The number of nitrogens with zero attached hydrogens (tertiary/aromatic N) is 2. The van der Waals surface area contributed by atoms with Crippen LogP contribution in [-0.2, 0) is 30.2 Å². The van der Waals surface area contributed by atoms with Crippen molar-refractivity contribution in [2.75, 3.05) is 19.8 Å². The number of hydrogen-bond acceptors (Lipinski definition) is 8. The van der Waals surface area contributed by atoms with Crippen LogP contribution in [0.3, 0.4) is 0 Å². The van der Waals surface area contributed by atoms with Crippen LogP contribution in [0, 0.1) is 17.8 Å². The van der Waals surface area contributed by atoms with Crippen LogP contribution >= 0.6 is 0 Å². The highest BCUT2D eigenvalue weighted by Crippen LogP contribution is 2.51. The van der Waals surface area contributed by atoms with Gasteiger partial charge >= 0.3 is 5.97 Å². The number of aromatic nitrogens is 1. The van der Waals surface area contributed by atoms with Crippen LogP contribution in [0.4, 0.5) is 0 Å². The summed E-state index contributed by atoms with van der Waals surface area (Å²) in [6, 6.07) is 30.4. The number of imide groups is 1. The summed E-state index contributed by atoms with van der Waals surface area (Å²) in [4.78, 5) is 45.6. The number of rotatable bonds is 17. The maximum atomic E-state index is 14.2. The van der Waals surface area contributed by atoms with Gasteiger partial charge in [-0.25, -0.2) is 0 Å². The molecule has 2 aromatic heterocycles. The predicted molar refractivity (Wildman–Crippen MR) is 224 cm³/mol. The van der Waals surface area contributed by atoms with Gasteiger partial charge in [0.05, 0.1) is 36.8 Å². The molecule has 58 heavy (non-hydrogen) atoms. The van der Waals surface area contributed by atoms with Gasteiger partial charge in [-0.3, -0.25) is 24.3 Å². The number of amides is 2. The highest BCUT2D eigenvalue weighted by Gasteiger charge is 2.57. The summed E-state index contributed by atoms with van der Waals surface area (Å²) in [5.41, 5.74) is 3.87. The van der Waals surface area contributed by atoms with Crippen molar-refractivity contribution in [1.29, 1.82) is 0 Å². The van der Waals surface area contributed by atoms with E-state index in [9.17, 15) is 19.5 Å². The molecule has 0 bridgehead atoms. The lowest BCUT2D eigenvalue weighted by Gasteiger charge is -2.44. The van der Waals surface area contributed by atoms with E-state index in [-0.39, 0.29) is 48.4 Å². The Bertz CT molecular complexity index is 2090. The van der Waals surface area contributed by atoms with Crippen molar-refractivity contribution in [2.24, 2.45) is 17.8 Å². The molecule has 2 saturated heterocycles. The molecule has 4 atom stereocenters. The number of fused-ring (bicyclic) bond motifs is 3. The number of ether oxygens (including phenoxy) is 1. The monoisotopic (exact) mass is 802 g/mol. The molecule has 11 heteroatoms. The Balaban J connectivity index is 1.24. The van der Waals surface area contributed by atoms with Crippen molar-refractivity contribution >= 4 is 48.1 Å². The van der Waals surface area contributed by atoms with Gasteiger partial charge in [-0.2, -0.15) is 0 Å². The van der Waals surface area contributed by atoms with E-state index in [1.165, 1.54) is 4.90 Å². The van der Waals surface area contributed by atoms with E-state index in [1.807, 2.05) is 42.5 Å². The first-order valence-electron chi connectivity index (χ1n) is 20.5. The second-order valence-corrected chi connectivity index (χ2v) is 21.0. The number of benzene rings is 2. The van der Waals surface area contributed by atoms with Gasteiger partial charge in [0, 0.05) is 25.1 Å². The Morgan fingerprint density at radius 3 is 2.22 bits per heavy atom. The Morgan fingerprint density at radius 1 is 0.897 bits per heavy atom. The fraction of sp³-hybridized carbons (Fsp3) is 0.404. The first kappa shape index (κ1) is 41.2. The van der Waals surface area contributed by atoms with E-state index >= 15 is 0 Å². The number of aliphatic carboxylic acids is 1. The number of aliphatic hydroxyl groups is 1. The van der Waals surface area contributed by atoms with Crippen molar-refractivity contribution in [3.63, 3.8) is 0 Å². The highest BCUT2D eigenvalue weighted by atomic mass is 28.4. The van der Waals surface area contributed by atoms with Gasteiger partial charge in [-0.1, -0.05) is 93.9 Å². The number of carboxylic acids is 1. The molecule has 0 radical (unpaired) electrons. The third-order valence-corrected chi connectivity index (χ3v) is 17.1. The van der Waals surface area contributed by atoms with Gasteiger partial charge in [0.1, 0.15) is 18.1 Å². The van der Waals surface area contributed by atoms with Crippen LogP contribution in [-0.4, -0.2) is 72.1 Å². The number of likely N-dealkylation sites (tertiary alicyclic amines) is 1. The lowest BCUT2D eigenvalue weighted by molar-refractivity contribution is -0.141. The van der Waals surface area contributed by atoms with Crippen molar-refractivity contribution in [1.82, 2.24) is 9.88 Å². The Kier molecular flexibility index (Phi) is 12.7. The number of aliphatic hydroxyl groups excluding tert-OH is 1. The SMILES string of the molecule is CC(C)(C)[Si](OCC1=C2[C@@H](CC/C(=C/c3ccc(CO)o3)c3ccccn3)OC[C@@H]2[C@@H]2C(=O)N(CCCCCC(=O)O)C(=O)[C@@H]2C1)(c1ccccc1)c1ccccc1. The minimum absolute atomic E-state index is 0.0678. The molecule has 3 aliphatic rings. The maximum Gasteiger partial charge on any atom is 0.303 e. The zero-order valence-electron chi connectivity index (χ0n) is 33.6. The summed E-state index contributed by atoms with van der Waals surface area (Å²) in [7, 11) is -2.96. The molecule has 2 N–H and O–H groups in total. The standard InChI is InChI=1S/C47H54N2O8Si/c1-47(2,3)58(36-15-7-4-8-16-36,37-17-9-5-10-18-37)56-30-33-28-38-44(46(54)49(45(38)53)26-14-6-11-20-42(51)52)39-31-55-41(43(33)39)24-21-32(40-19-12-13-25-48-40)27-34-22-23-35(29-50)57-34/h4-5,7-10,12-13,15-19,22-23,25,27,38-39,41,44,50H,6,11,14,20-21,24,26,28-31H2,1-3H3,(H,51,52)/b32-27-/t38-,39+,41-,44-/m1/s1. The topological polar surface area (TPSA) is 139 Å². The smallest absolute Gasteiger partial charge is 0.303 e. The number of carbonyl (C=O) groups is 3. The summed E-state index contributed by atoms with van der Waals surface area (Å²) in [6.45, 7) is 7.48. The van der Waals surface area contributed by atoms with Crippen molar-refractivity contribution in [2.45, 2.75) is 83.5 Å². The fourth-order valence-electron chi connectivity index (χ4n) is 9.41. The molecule has 7 rings (SSSR count). The van der Waals surface area contributed by atoms with Crippen molar-refractivity contribution in [3.05, 3.63) is 126 Å². The van der Waals surface area contributed by atoms with E-state index in [2.05, 4.69) is 74.3 Å². The van der Waals surface area contributed by atoms with Crippen LogP contribution in [0.2, 0.25) is 5.04 Å². The van der Waals surface area contributed by atoms with Crippen molar-refractivity contribution < 1.29 is 38.2 Å². The first-order valence-corrected chi connectivity index (χ1v) is 22.4. The number of carboxylic acid groups (broad SMARTS) is 1. The number of hydrogen-bond donors (Lipinski definition) is 2. The Morgan fingerprint density at radius 2 is 1.60 bits per heavy atom. The van der Waals surface area contributed by atoms with E-state index in [1.54, 1.807) is 12.3 Å². The van der Waals surface area contributed by atoms with Gasteiger partial charge in [0.25, 0.3) is 8.32 Å². The largest absolute Gasteiger partial charge is 0.481 e. The zero-order chi connectivity index (χ0) is 40.9. The summed E-state index contributed by atoms with van der Waals surface area (Å²) < 4.78 is 20.0. The van der Waals surface area contributed by atoms with Gasteiger partial charge in [0.15, 0.2) is 0 Å². The second kappa shape index (κ2) is 17.9. The molecule has 4 aromatic rings. The second-order valence-electron chi connectivity index (χ2n) is 16.7. The van der Waals surface area contributed by atoms with Crippen LogP contribution in [0.25, 0.3) is 11.6 Å². The maximum absolute atomic E-state index is 14.2. The number of carbonyl (C=O) groups excluding carboxylic acids is 2. The van der Waals surface area contributed by atoms with Crippen LogP contribution < -0.4 is 10.4 Å². The molecule has 4 heterocycles. The van der Waals surface area contributed by atoms with Crippen molar-refractivity contribution in [3.8, 4) is 0 Å². The Hall–Kier alpha value is -4.94. The minimum atomic E-state index is -2.96. The third-order valence-electron chi connectivity index (χ3n) is 12.1. The lowest BCUT2D eigenvalue weighted by atomic mass is 9.69. The van der Waals surface area contributed by atoms with Gasteiger partial charge in [-0.05, 0) is 94.6 Å². The minimum Gasteiger partial charge on any atom is -0.481 e. The predicted octanol–water partition coefficient (Wildman–Crippen LogP) is 7.03. The molecule has 2 amide bonds. The van der Waals surface area contributed by atoms with E-state index in [4.69, 9.17) is 18.7 Å². The van der Waals surface area contributed by atoms with Gasteiger partial charge in [0.2, 0.25) is 11.8 Å². The summed E-state index contributed by atoms with van der Waals surface area (Å²) >= 11 is 0. The number of allylic oxidation sites excluding steroid dienone is 1. The molecule has 10 nitrogen and oxygen atoms in total. The fourth-order valence-corrected chi connectivity index (χ4v) is 14.0. The summed E-state index contributed by atoms with van der Waals surface area (Å²) in [6.07, 6.45) is 6.79. The van der Waals surface area contributed by atoms with Gasteiger partial charge in [-0.15, -0.1) is 0 Å². The van der Waals surface area contributed by atoms with E-state index in [0.717, 1.165) is 32.8 Å². The molecule has 0 saturated carbocycles. The van der Waals surface area contributed by atoms with Gasteiger partial charge < -0.3 is 23.8 Å². The summed E-state index contributed by atoms with van der Waals surface area (Å²) in [5, 5.41) is 20.8. The highest BCUT2D eigenvalue weighted by molar-refractivity contribution is 6.99. The molecule has 2 fully saturated rings. The normalized spacial score (nSPS) is 21.1. The van der Waals surface area contributed by atoms with Crippen LogP contribution in [0.1, 0.15) is 82.9 Å². The number of furan rings is 1. The molecular weight excluding hydrogens is 749 g/mol. The van der Waals surface area contributed by atoms with E-state index < -0.39 is 26.1 Å². The summed E-state index contributed by atoms with van der Waals surface area (Å²) in [5.74, 6) is -1.36. The first-order chi connectivity index (χ1) is 28.0. The molecule has 2 aliphatic heterocycles. The zero-order valence-corrected chi connectivity index (χ0v) is 34.6. The molecule has 2 aromatic carbocycles. The Labute approximate surface area is 341 Å². The molecule has 304 valence electrons. The van der Waals surface area contributed by atoms with Crippen LogP contribution in [0.5, 0.6) is 0 Å². The molecule has 1 aliphatic carbocycles. The average molecular weight is 803 g/mol. The molecule has 0 spiro atoms. The number of pyridine rings is 1. The lowest BCUT2D eigenvalue weighted by Crippen LogP contribution is -2.66. The third kappa shape index (κ3) is 8.45. The van der Waals surface area contributed by atoms with E-state index in [0.29, 0.717) is 63.3 Å². The molecule has 0 unspecified atom stereocenters. The molecular formula is C47H54N2O8Si. The quantitative estimate of drug-likeness (QED) is 0.0499. The van der Waals surface area contributed by atoms with Crippen LogP contribution in [0.15, 0.2) is 113 Å². The average Bonchev–Trinajstić information content (AvgIpc) is 3.93.